The van der Waals surface area contributed by atoms with E-state index < -0.39 is 36.5 Å². The first-order chi connectivity index (χ1) is 15.5. The minimum absolute atomic E-state index is 0.472. The number of thioether (sulfide) groups is 1. The summed E-state index contributed by atoms with van der Waals surface area (Å²) in [7, 11) is 0. The second kappa shape index (κ2) is 10.2. The van der Waals surface area contributed by atoms with Gasteiger partial charge in [-0.05, 0) is 24.6 Å². The first kappa shape index (κ1) is 23.0. The van der Waals surface area contributed by atoms with Crippen LogP contribution >= 0.6 is 11.8 Å². The van der Waals surface area contributed by atoms with Gasteiger partial charge in [0.2, 0.25) is 0 Å². The summed E-state index contributed by atoms with van der Waals surface area (Å²) < 4.78 is 13.6. The second-order valence-electron chi connectivity index (χ2n) is 7.74. The smallest absolute Gasteiger partial charge is 0.171 e. The van der Waals surface area contributed by atoms with Gasteiger partial charge >= 0.3 is 0 Å². The zero-order valence-electron chi connectivity index (χ0n) is 17.7. The number of benzene rings is 2. The summed E-state index contributed by atoms with van der Waals surface area (Å²) in [6.07, 6.45) is -4.23. The van der Waals surface area contributed by atoms with Gasteiger partial charge in [-0.15, -0.1) is 0 Å². The van der Waals surface area contributed by atoms with Gasteiger partial charge in [0.05, 0.1) is 30.8 Å². The van der Waals surface area contributed by atoms with Gasteiger partial charge in [0, 0.05) is 5.56 Å². The highest BCUT2D eigenvalue weighted by Gasteiger charge is 2.44. The van der Waals surface area contributed by atoms with E-state index in [2.05, 4.69) is 6.92 Å². The summed E-state index contributed by atoms with van der Waals surface area (Å²) in [5.74, 6) is 0.802. The summed E-state index contributed by atoms with van der Waals surface area (Å²) in [4.78, 5) is 4.71. The Morgan fingerprint density at radius 3 is 2.56 bits per heavy atom. The highest BCUT2D eigenvalue weighted by molar-refractivity contribution is 7.99. The fraction of sp³-hybridized carbons (Fsp3) is 0.435. The number of para-hydroxylation sites is 3. The minimum atomic E-state index is -1.43. The molecule has 5 unspecified atom stereocenters. The van der Waals surface area contributed by atoms with E-state index in [1.165, 1.54) is 0 Å². The van der Waals surface area contributed by atoms with Crippen molar-refractivity contribution < 1.29 is 29.9 Å². The topological polar surface area (TPSA) is 117 Å². The van der Waals surface area contributed by atoms with Crippen LogP contribution in [0, 0.1) is 0 Å². The molecule has 2 heterocycles. The van der Waals surface area contributed by atoms with Crippen LogP contribution in [-0.2, 0) is 11.3 Å². The predicted octanol–water partition coefficient (Wildman–Crippen LogP) is 1.77. The summed E-state index contributed by atoms with van der Waals surface area (Å²) >= 11 is 1.15. The number of aliphatic hydroxyl groups excluding tert-OH is 4. The maximum atomic E-state index is 10.5. The van der Waals surface area contributed by atoms with Gasteiger partial charge in [-0.25, -0.2) is 4.98 Å². The molecule has 3 aromatic rings. The molecule has 4 N–H and O–H groups in total. The number of imidazole rings is 1. The maximum Gasteiger partial charge on any atom is 0.171 e. The Morgan fingerprint density at radius 1 is 1.03 bits per heavy atom. The average molecular weight is 461 g/mol. The van der Waals surface area contributed by atoms with Crippen LogP contribution in [-0.4, -0.2) is 73.0 Å². The lowest BCUT2D eigenvalue weighted by Gasteiger charge is -2.39. The van der Waals surface area contributed by atoms with Crippen molar-refractivity contribution in [1.82, 2.24) is 9.55 Å². The summed E-state index contributed by atoms with van der Waals surface area (Å²) in [6, 6.07) is 15.5. The Labute approximate surface area is 190 Å². The first-order valence-corrected chi connectivity index (χ1v) is 11.5. The Hall–Kier alpha value is -2.14. The summed E-state index contributed by atoms with van der Waals surface area (Å²) in [5.41, 5.74) is 1.77. The maximum absolute atomic E-state index is 10.5. The van der Waals surface area contributed by atoms with E-state index in [4.69, 9.17) is 14.5 Å². The van der Waals surface area contributed by atoms with Crippen LogP contribution in [0.4, 0.5) is 0 Å². The standard InChI is InChI=1S/C23H28N2O6S/c1-2-11-30-17-10-6-3-7-14(17)12-25-16-9-5-4-8-15(16)24-23(25)32-22-21(29)20(28)19(27)18(13-26)31-22/h3-10,18-22,26-29H,2,11-13H2,1H3. The van der Waals surface area contributed by atoms with E-state index in [9.17, 15) is 20.4 Å². The highest BCUT2D eigenvalue weighted by atomic mass is 32.2. The van der Waals surface area contributed by atoms with Crippen molar-refractivity contribution in [2.24, 2.45) is 0 Å². The molecular formula is C23H28N2O6S. The second-order valence-corrected chi connectivity index (χ2v) is 8.81. The summed E-state index contributed by atoms with van der Waals surface area (Å²) in [6.45, 7) is 2.69. The lowest BCUT2D eigenvalue weighted by atomic mass is 10.0. The van der Waals surface area contributed by atoms with Gasteiger partial charge in [-0.2, -0.15) is 0 Å². The monoisotopic (exact) mass is 460 g/mol. The van der Waals surface area contributed by atoms with Crippen molar-refractivity contribution in [3.63, 3.8) is 0 Å². The van der Waals surface area contributed by atoms with E-state index in [0.29, 0.717) is 18.3 Å². The van der Waals surface area contributed by atoms with Gasteiger partial charge < -0.3 is 34.5 Å². The first-order valence-electron chi connectivity index (χ1n) is 10.7. The Bertz CT molecular complexity index is 1040. The van der Waals surface area contributed by atoms with Crippen molar-refractivity contribution in [1.29, 1.82) is 0 Å². The number of rotatable bonds is 8. The fourth-order valence-corrected chi connectivity index (χ4v) is 4.87. The molecule has 1 aliphatic heterocycles. The van der Waals surface area contributed by atoms with E-state index in [-0.39, 0.29) is 0 Å². The van der Waals surface area contributed by atoms with Crippen molar-refractivity contribution in [3.8, 4) is 5.75 Å². The molecule has 0 saturated carbocycles. The van der Waals surface area contributed by atoms with Gasteiger partial charge in [-0.1, -0.05) is 49.0 Å². The van der Waals surface area contributed by atoms with Crippen molar-refractivity contribution >= 4 is 22.8 Å². The number of nitrogens with zero attached hydrogens (tertiary/aromatic N) is 2. The van der Waals surface area contributed by atoms with E-state index in [1.807, 2.05) is 53.1 Å². The molecule has 5 atom stereocenters. The molecule has 0 bridgehead atoms. The largest absolute Gasteiger partial charge is 0.493 e. The lowest BCUT2D eigenvalue weighted by molar-refractivity contribution is -0.205. The number of fused-ring (bicyclic) bond motifs is 1. The normalized spacial score (nSPS) is 25.8. The predicted molar refractivity (Wildman–Crippen MR) is 121 cm³/mol. The molecule has 172 valence electrons. The number of aromatic nitrogens is 2. The Morgan fingerprint density at radius 2 is 1.78 bits per heavy atom. The lowest BCUT2D eigenvalue weighted by Crippen LogP contribution is -2.57. The van der Waals surface area contributed by atoms with Crippen LogP contribution in [0.15, 0.2) is 53.7 Å². The number of aliphatic hydroxyl groups is 4. The van der Waals surface area contributed by atoms with Gasteiger partial charge in [0.15, 0.2) is 5.16 Å². The van der Waals surface area contributed by atoms with E-state index in [0.717, 1.165) is 40.5 Å². The molecule has 1 saturated heterocycles. The van der Waals surface area contributed by atoms with Crippen molar-refractivity contribution in [2.75, 3.05) is 13.2 Å². The SMILES string of the molecule is CCCOc1ccccc1Cn1c(SC2OC(CO)C(O)C(O)C2O)nc2ccccc21. The molecule has 1 aliphatic rings. The zero-order chi connectivity index (χ0) is 22.7. The number of ether oxygens (including phenoxy) is 2. The van der Waals surface area contributed by atoms with Crippen molar-refractivity contribution in [2.45, 2.75) is 54.9 Å². The number of hydrogen-bond donors (Lipinski definition) is 4. The third kappa shape index (κ3) is 4.63. The zero-order valence-corrected chi connectivity index (χ0v) is 18.6. The molecule has 32 heavy (non-hydrogen) atoms. The third-order valence-electron chi connectivity index (χ3n) is 5.45. The Balaban J connectivity index is 1.67. The molecule has 1 aromatic heterocycles. The molecule has 1 fully saturated rings. The minimum Gasteiger partial charge on any atom is -0.493 e. The molecule has 0 aliphatic carbocycles. The molecule has 9 heteroatoms. The molecule has 0 radical (unpaired) electrons. The molecular weight excluding hydrogens is 432 g/mol. The molecule has 8 nitrogen and oxygen atoms in total. The Kier molecular flexibility index (Phi) is 7.34. The van der Waals surface area contributed by atoms with Crippen LogP contribution in [0.5, 0.6) is 5.75 Å². The number of hydrogen-bond acceptors (Lipinski definition) is 8. The molecule has 0 amide bonds. The third-order valence-corrected chi connectivity index (χ3v) is 6.60. The summed E-state index contributed by atoms with van der Waals surface area (Å²) in [5, 5.41) is 40.8. The van der Waals surface area contributed by atoms with E-state index >= 15 is 0 Å². The van der Waals surface area contributed by atoms with Crippen LogP contribution in [0.3, 0.4) is 0 Å². The molecule has 4 rings (SSSR count). The van der Waals surface area contributed by atoms with Crippen LogP contribution in [0.2, 0.25) is 0 Å². The highest BCUT2D eigenvalue weighted by Crippen LogP contribution is 2.35. The van der Waals surface area contributed by atoms with Crippen LogP contribution in [0.25, 0.3) is 11.0 Å². The fourth-order valence-electron chi connectivity index (χ4n) is 3.72. The van der Waals surface area contributed by atoms with Crippen molar-refractivity contribution in [3.05, 3.63) is 54.1 Å². The van der Waals surface area contributed by atoms with Gasteiger partial charge in [-0.3, -0.25) is 0 Å². The van der Waals surface area contributed by atoms with E-state index in [1.54, 1.807) is 0 Å². The van der Waals surface area contributed by atoms with Gasteiger partial charge in [0.1, 0.15) is 35.6 Å². The van der Waals surface area contributed by atoms with Gasteiger partial charge in [0.25, 0.3) is 0 Å². The molecule has 2 aromatic carbocycles. The molecule has 0 spiro atoms. The van der Waals surface area contributed by atoms with Crippen LogP contribution < -0.4 is 4.74 Å². The average Bonchev–Trinajstić information content (AvgIpc) is 3.15. The quantitative estimate of drug-likeness (QED) is 0.402. The van der Waals surface area contributed by atoms with Crippen LogP contribution in [0.1, 0.15) is 18.9 Å².